The minimum Gasteiger partial charge on any atom is -0.312 e. The van der Waals surface area contributed by atoms with Gasteiger partial charge in [0.2, 0.25) is 0 Å². The van der Waals surface area contributed by atoms with E-state index < -0.39 is 0 Å². The number of aryl methyl sites for hydroxylation is 1. The quantitative estimate of drug-likeness (QED) is 0.855. The van der Waals surface area contributed by atoms with Crippen molar-refractivity contribution in [1.29, 1.82) is 0 Å². The van der Waals surface area contributed by atoms with E-state index in [1.807, 2.05) is 0 Å². The molecule has 0 amide bonds. The molecule has 1 N–H and O–H groups in total. The molecule has 3 heteroatoms. The summed E-state index contributed by atoms with van der Waals surface area (Å²) in [6, 6.07) is 0. The van der Waals surface area contributed by atoms with Gasteiger partial charge in [-0.3, -0.25) is 0 Å². The van der Waals surface area contributed by atoms with Crippen LogP contribution in [0, 0.1) is 18.3 Å². The van der Waals surface area contributed by atoms with E-state index in [0.29, 0.717) is 11.3 Å². The highest BCUT2D eigenvalue weighted by Gasteiger charge is 2.31. The Hall–Kier alpha value is -0.960. The molecule has 0 spiro atoms. The molecule has 21 heavy (non-hydrogen) atoms. The maximum absolute atomic E-state index is 4.93. The summed E-state index contributed by atoms with van der Waals surface area (Å²) in [7, 11) is 0. The molecule has 1 aromatic rings. The second-order valence-corrected chi connectivity index (χ2v) is 7.93. The van der Waals surface area contributed by atoms with Crippen LogP contribution in [-0.4, -0.2) is 16.5 Å². The van der Waals surface area contributed by atoms with Crippen LogP contribution in [0.3, 0.4) is 0 Å². The zero-order valence-electron chi connectivity index (χ0n) is 14.0. The van der Waals surface area contributed by atoms with Crippen LogP contribution >= 0.6 is 0 Å². The third kappa shape index (κ3) is 3.13. The van der Waals surface area contributed by atoms with E-state index in [0.717, 1.165) is 31.3 Å². The lowest BCUT2D eigenvalue weighted by Crippen LogP contribution is -2.28. The van der Waals surface area contributed by atoms with Crippen LogP contribution in [0.5, 0.6) is 0 Å². The zero-order chi connectivity index (χ0) is 15.0. The minimum absolute atomic E-state index is 0.448. The Labute approximate surface area is 129 Å². The number of fused-ring (bicyclic) bond motifs is 1. The van der Waals surface area contributed by atoms with E-state index in [4.69, 9.17) is 9.97 Å². The normalized spacial score (nSPS) is 26.5. The second kappa shape index (κ2) is 5.68. The maximum atomic E-state index is 4.93. The molecule has 0 radical (unpaired) electrons. The van der Waals surface area contributed by atoms with Crippen molar-refractivity contribution < 1.29 is 0 Å². The first-order valence-corrected chi connectivity index (χ1v) is 8.52. The van der Waals surface area contributed by atoms with E-state index in [-0.39, 0.29) is 0 Å². The average molecular weight is 287 g/mol. The van der Waals surface area contributed by atoms with Crippen LogP contribution in [0.15, 0.2) is 0 Å². The predicted molar refractivity (Wildman–Crippen MR) is 86.3 cm³/mol. The molecular formula is C18H29N3. The number of rotatable bonds is 1. The van der Waals surface area contributed by atoms with Crippen molar-refractivity contribution in [2.75, 3.05) is 6.54 Å². The Morgan fingerprint density at radius 1 is 1.05 bits per heavy atom. The molecular weight excluding hydrogens is 258 g/mol. The van der Waals surface area contributed by atoms with E-state index in [9.17, 15) is 0 Å². The number of hydrogen-bond donors (Lipinski definition) is 1. The summed E-state index contributed by atoms with van der Waals surface area (Å²) in [5.41, 5.74) is 4.28. The van der Waals surface area contributed by atoms with Gasteiger partial charge in [0.05, 0.1) is 5.69 Å². The van der Waals surface area contributed by atoms with Gasteiger partial charge in [-0.05, 0) is 43.9 Å². The van der Waals surface area contributed by atoms with Gasteiger partial charge in [0.25, 0.3) is 0 Å². The minimum atomic E-state index is 0.448. The van der Waals surface area contributed by atoms with Gasteiger partial charge in [0, 0.05) is 36.7 Å². The van der Waals surface area contributed by atoms with Gasteiger partial charge in [-0.15, -0.1) is 0 Å². The highest BCUT2D eigenvalue weighted by Crippen LogP contribution is 2.42. The molecule has 1 saturated carbocycles. The van der Waals surface area contributed by atoms with Gasteiger partial charge < -0.3 is 5.32 Å². The van der Waals surface area contributed by atoms with Crippen LogP contribution < -0.4 is 5.32 Å². The van der Waals surface area contributed by atoms with Crippen molar-refractivity contribution in [3.05, 3.63) is 22.8 Å². The van der Waals surface area contributed by atoms with E-state index in [1.54, 1.807) is 0 Å². The van der Waals surface area contributed by atoms with E-state index in [1.165, 1.54) is 42.6 Å². The molecule has 0 bridgehead atoms. The molecule has 3 rings (SSSR count). The Bertz CT molecular complexity index is 508. The van der Waals surface area contributed by atoms with Gasteiger partial charge in [-0.1, -0.05) is 20.8 Å². The molecule has 0 unspecified atom stereocenters. The number of nitrogens with one attached hydrogen (secondary N) is 1. The first-order chi connectivity index (χ1) is 9.95. The fourth-order valence-electron chi connectivity index (χ4n) is 3.94. The molecule has 0 aromatic carbocycles. The smallest absolute Gasteiger partial charge is 0.131 e. The summed E-state index contributed by atoms with van der Waals surface area (Å²) in [6.07, 6.45) is 6.24. The molecule has 2 heterocycles. The van der Waals surface area contributed by atoms with Crippen LogP contribution in [-0.2, 0) is 13.0 Å². The summed E-state index contributed by atoms with van der Waals surface area (Å²) in [5.74, 6) is 2.57. The molecule has 0 atom stereocenters. The average Bonchev–Trinajstić information content (AvgIpc) is 2.46. The van der Waals surface area contributed by atoms with Crippen molar-refractivity contribution in [3.8, 4) is 0 Å². The van der Waals surface area contributed by atoms with Gasteiger partial charge in [-0.2, -0.15) is 0 Å². The molecule has 3 nitrogen and oxygen atoms in total. The van der Waals surface area contributed by atoms with Crippen LogP contribution in [0.2, 0.25) is 0 Å². The topological polar surface area (TPSA) is 37.8 Å². The van der Waals surface area contributed by atoms with Crippen LogP contribution in [0.4, 0.5) is 0 Å². The Morgan fingerprint density at radius 2 is 1.76 bits per heavy atom. The summed E-state index contributed by atoms with van der Waals surface area (Å²) in [5, 5.41) is 3.42. The lowest BCUT2D eigenvalue weighted by molar-refractivity contribution is 0.167. The molecule has 1 fully saturated rings. The van der Waals surface area contributed by atoms with Crippen molar-refractivity contribution in [3.63, 3.8) is 0 Å². The molecule has 2 aliphatic rings. The van der Waals surface area contributed by atoms with Gasteiger partial charge in [0.15, 0.2) is 0 Å². The third-order valence-electron chi connectivity index (χ3n) is 5.47. The first kappa shape index (κ1) is 15.0. The lowest BCUT2D eigenvalue weighted by atomic mass is 9.69. The maximum Gasteiger partial charge on any atom is 0.131 e. The Balaban J connectivity index is 1.75. The number of hydrogen-bond acceptors (Lipinski definition) is 3. The fraction of sp³-hybridized carbons (Fsp3) is 0.778. The molecule has 1 aliphatic heterocycles. The highest BCUT2D eigenvalue weighted by atomic mass is 15.0. The molecule has 1 aromatic heterocycles. The predicted octanol–water partition coefficient (Wildman–Crippen LogP) is 3.75. The number of nitrogens with zero attached hydrogens (tertiary/aromatic N) is 2. The van der Waals surface area contributed by atoms with Crippen LogP contribution in [0.25, 0.3) is 0 Å². The molecule has 0 saturated heterocycles. The largest absolute Gasteiger partial charge is 0.312 e. The highest BCUT2D eigenvalue weighted by molar-refractivity contribution is 5.28. The number of aromatic nitrogens is 2. The Morgan fingerprint density at radius 3 is 2.43 bits per heavy atom. The van der Waals surface area contributed by atoms with Crippen LogP contribution in [0.1, 0.15) is 75.1 Å². The third-order valence-corrected chi connectivity index (χ3v) is 5.47. The molecule has 116 valence electrons. The second-order valence-electron chi connectivity index (χ2n) is 7.93. The summed E-state index contributed by atoms with van der Waals surface area (Å²) in [4.78, 5) is 9.78. The van der Waals surface area contributed by atoms with E-state index >= 15 is 0 Å². The first-order valence-electron chi connectivity index (χ1n) is 8.52. The van der Waals surface area contributed by atoms with Crippen molar-refractivity contribution >= 4 is 0 Å². The molecule has 1 aliphatic carbocycles. The fourth-order valence-corrected chi connectivity index (χ4v) is 3.94. The van der Waals surface area contributed by atoms with E-state index in [2.05, 4.69) is 33.0 Å². The van der Waals surface area contributed by atoms with Crippen molar-refractivity contribution in [2.24, 2.45) is 11.3 Å². The monoisotopic (exact) mass is 287 g/mol. The Kier molecular flexibility index (Phi) is 4.04. The van der Waals surface area contributed by atoms with Gasteiger partial charge >= 0.3 is 0 Å². The van der Waals surface area contributed by atoms with Gasteiger partial charge in [-0.25, -0.2) is 9.97 Å². The SMILES string of the molecule is Cc1nc(C2CCC(C(C)(C)C)CC2)nc2c1CNCC2. The summed E-state index contributed by atoms with van der Waals surface area (Å²) < 4.78 is 0. The summed E-state index contributed by atoms with van der Waals surface area (Å²) in [6.45, 7) is 11.3. The van der Waals surface area contributed by atoms with Crippen molar-refractivity contribution in [1.82, 2.24) is 15.3 Å². The van der Waals surface area contributed by atoms with Crippen molar-refractivity contribution in [2.45, 2.75) is 72.3 Å². The lowest BCUT2D eigenvalue weighted by Gasteiger charge is -2.36. The van der Waals surface area contributed by atoms with Gasteiger partial charge in [0.1, 0.15) is 5.82 Å². The zero-order valence-corrected chi connectivity index (χ0v) is 14.0. The summed E-state index contributed by atoms with van der Waals surface area (Å²) >= 11 is 0. The standard InChI is InChI=1S/C18H29N3/c1-12-15-11-19-10-9-16(15)21-17(20-12)13-5-7-14(8-6-13)18(2,3)4/h13-14,19H,5-11H2,1-4H3.